The van der Waals surface area contributed by atoms with E-state index in [4.69, 9.17) is 31.2 Å². The van der Waals surface area contributed by atoms with E-state index in [1.807, 2.05) is 18.2 Å². The molecule has 6 nitrogen and oxygen atoms in total. The number of fused-ring (bicyclic) bond motifs is 1. The largest absolute Gasteiger partial charge is 0.496 e. The van der Waals surface area contributed by atoms with E-state index in [1.54, 1.807) is 19.2 Å². The number of hydrogen-bond donors (Lipinski definition) is 1. The van der Waals surface area contributed by atoms with Gasteiger partial charge in [-0.05, 0) is 32.1 Å². The van der Waals surface area contributed by atoms with E-state index in [0.717, 1.165) is 18.5 Å². The summed E-state index contributed by atoms with van der Waals surface area (Å²) in [6, 6.07) is 10.6. The summed E-state index contributed by atoms with van der Waals surface area (Å²) in [4.78, 5) is 15.4. The zero-order chi connectivity index (χ0) is 21.4. The van der Waals surface area contributed by atoms with Crippen molar-refractivity contribution in [3.8, 4) is 22.8 Å². The summed E-state index contributed by atoms with van der Waals surface area (Å²) in [5.74, 6) is 1.51. The molecule has 0 amide bonds. The van der Waals surface area contributed by atoms with Crippen LogP contribution in [0.5, 0.6) is 11.5 Å². The van der Waals surface area contributed by atoms with E-state index in [-0.39, 0.29) is 17.4 Å². The molecule has 7 heteroatoms. The van der Waals surface area contributed by atoms with Crippen molar-refractivity contribution in [2.24, 2.45) is 5.73 Å². The Bertz CT molecular complexity index is 1140. The third-order valence-corrected chi connectivity index (χ3v) is 6.31. The Morgan fingerprint density at radius 1 is 1.20 bits per heavy atom. The van der Waals surface area contributed by atoms with Gasteiger partial charge in [0.05, 0.1) is 19.2 Å². The van der Waals surface area contributed by atoms with Crippen LogP contribution in [0, 0.1) is 0 Å². The van der Waals surface area contributed by atoms with Crippen LogP contribution in [0.15, 0.2) is 45.6 Å². The summed E-state index contributed by atoms with van der Waals surface area (Å²) in [5, 5.41) is 0.909. The number of likely N-dealkylation sites (N-methyl/N-ethyl adjacent to an activating group) is 1. The van der Waals surface area contributed by atoms with Crippen LogP contribution in [0.4, 0.5) is 0 Å². The normalized spacial score (nSPS) is 19.4. The molecule has 0 bridgehead atoms. The molecule has 2 unspecified atom stereocenters. The maximum absolute atomic E-state index is 13.2. The Hall–Kier alpha value is -2.54. The quantitative estimate of drug-likeness (QED) is 0.664. The van der Waals surface area contributed by atoms with E-state index in [9.17, 15) is 4.79 Å². The second-order valence-electron chi connectivity index (χ2n) is 7.53. The lowest BCUT2D eigenvalue weighted by atomic mass is 9.89. The first kappa shape index (κ1) is 20.7. The van der Waals surface area contributed by atoms with E-state index in [0.29, 0.717) is 45.4 Å². The summed E-state index contributed by atoms with van der Waals surface area (Å²) in [6.07, 6.45) is 0.885. The van der Waals surface area contributed by atoms with Gasteiger partial charge in [0.2, 0.25) is 0 Å². The van der Waals surface area contributed by atoms with Gasteiger partial charge in [0.25, 0.3) is 0 Å². The topological polar surface area (TPSA) is 77.9 Å². The Labute approximate surface area is 180 Å². The molecule has 30 heavy (non-hydrogen) atoms. The lowest BCUT2D eigenvalue weighted by molar-refractivity contribution is 0.300. The fourth-order valence-corrected chi connectivity index (χ4v) is 4.69. The van der Waals surface area contributed by atoms with E-state index >= 15 is 0 Å². The van der Waals surface area contributed by atoms with Gasteiger partial charge in [-0.2, -0.15) is 0 Å². The molecule has 1 saturated heterocycles. The Kier molecular flexibility index (Phi) is 5.73. The van der Waals surface area contributed by atoms with Gasteiger partial charge in [-0.15, -0.1) is 0 Å². The lowest BCUT2D eigenvalue weighted by Gasteiger charge is -2.26. The molecule has 2 N–H and O–H groups in total. The number of nitrogens with two attached hydrogens (primary N) is 1. The number of ether oxygens (including phenoxy) is 2. The van der Waals surface area contributed by atoms with Gasteiger partial charge in [0, 0.05) is 41.8 Å². The molecule has 2 heterocycles. The van der Waals surface area contributed by atoms with Crippen LogP contribution in [-0.2, 0) is 0 Å². The number of halogens is 1. The summed E-state index contributed by atoms with van der Waals surface area (Å²) in [7, 11) is 5.19. The highest BCUT2D eigenvalue weighted by molar-refractivity contribution is 6.33. The van der Waals surface area contributed by atoms with Crippen LogP contribution in [0.3, 0.4) is 0 Å². The Morgan fingerprint density at radius 3 is 2.60 bits per heavy atom. The van der Waals surface area contributed by atoms with Crippen LogP contribution < -0.4 is 20.6 Å². The summed E-state index contributed by atoms with van der Waals surface area (Å²) in [5.41, 5.74) is 7.87. The zero-order valence-corrected chi connectivity index (χ0v) is 18.0. The fraction of sp³-hybridized carbons (Fsp3) is 0.348. The second kappa shape index (κ2) is 8.30. The number of benzene rings is 2. The maximum atomic E-state index is 13.2. The van der Waals surface area contributed by atoms with Gasteiger partial charge < -0.3 is 24.5 Å². The van der Waals surface area contributed by atoms with Gasteiger partial charge in [0.1, 0.15) is 28.2 Å². The highest BCUT2D eigenvalue weighted by Gasteiger charge is 2.36. The highest BCUT2D eigenvalue weighted by Crippen LogP contribution is 2.45. The molecule has 1 aromatic heterocycles. The first-order chi connectivity index (χ1) is 14.5. The summed E-state index contributed by atoms with van der Waals surface area (Å²) in [6.45, 7) is 1.39. The first-order valence-corrected chi connectivity index (χ1v) is 10.3. The number of hydrogen-bond acceptors (Lipinski definition) is 6. The van der Waals surface area contributed by atoms with Gasteiger partial charge in [0.15, 0.2) is 5.43 Å². The molecule has 3 aromatic rings. The Balaban J connectivity index is 2.07. The average Bonchev–Trinajstić information content (AvgIpc) is 3.12. The number of nitrogens with zero attached hydrogens (tertiary/aromatic N) is 1. The summed E-state index contributed by atoms with van der Waals surface area (Å²) < 4.78 is 17.6. The maximum Gasteiger partial charge on any atom is 0.197 e. The van der Waals surface area contributed by atoms with Crippen LogP contribution in [0.2, 0.25) is 5.02 Å². The molecule has 0 aliphatic carbocycles. The molecule has 4 rings (SSSR count). The molecular formula is C23H25ClN2O4. The van der Waals surface area contributed by atoms with E-state index in [2.05, 4.69) is 11.9 Å². The molecular weight excluding hydrogens is 404 g/mol. The van der Waals surface area contributed by atoms with Crippen LogP contribution in [0.25, 0.3) is 22.3 Å². The predicted molar refractivity (Wildman–Crippen MR) is 119 cm³/mol. The van der Waals surface area contributed by atoms with Gasteiger partial charge in [-0.25, -0.2) is 0 Å². The molecule has 2 aromatic carbocycles. The van der Waals surface area contributed by atoms with Crippen LogP contribution >= 0.6 is 11.6 Å². The third kappa shape index (κ3) is 3.35. The van der Waals surface area contributed by atoms with Gasteiger partial charge in [-0.3, -0.25) is 4.79 Å². The molecule has 0 saturated carbocycles. The molecule has 1 aliphatic heterocycles. The van der Waals surface area contributed by atoms with Crippen molar-refractivity contribution in [1.29, 1.82) is 0 Å². The molecule has 2 atom stereocenters. The molecule has 0 radical (unpaired) electrons. The number of methoxy groups -OCH3 is 2. The minimum atomic E-state index is -0.192. The van der Waals surface area contributed by atoms with E-state index in [1.165, 1.54) is 13.2 Å². The fourth-order valence-electron chi connectivity index (χ4n) is 4.46. The van der Waals surface area contributed by atoms with Crippen molar-refractivity contribution in [2.45, 2.75) is 18.4 Å². The highest BCUT2D eigenvalue weighted by atomic mass is 35.5. The Morgan fingerprint density at radius 2 is 1.93 bits per heavy atom. The zero-order valence-electron chi connectivity index (χ0n) is 17.3. The third-order valence-electron chi connectivity index (χ3n) is 5.98. The first-order valence-electron chi connectivity index (χ1n) is 9.88. The summed E-state index contributed by atoms with van der Waals surface area (Å²) >= 11 is 6.38. The van der Waals surface area contributed by atoms with Gasteiger partial charge >= 0.3 is 0 Å². The van der Waals surface area contributed by atoms with Crippen molar-refractivity contribution in [3.05, 3.63) is 57.2 Å². The van der Waals surface area contributed by atoms with E-state index < -0.39 is 0 Å². The van der Waals surface area contributed by atoms with Crippen molar-refractivity contribution in [1.82, 2.24) is 4.90 Å². The van der Waals surface area contributed by atoms with Crippen molar-refractivity contribution >= 4 is 22.6 Å². The molecule has 1 fully saturated rings. The monoisotopic (exact) mass is 428 g/mol. The second-order valence-corrected chi connectivity index (χ2v) is 7.94. The minimum Gasteiger partial charge on any atom is -0.496 e. The van der Waals surface area contributed by atoms with Crippen molar-refractivity contribution < 1.29 is 13.9 Å². The minimum absolute atomic E-state index is 0.0630. The number of likely N-dealkylation sites (tertiary alicyclic amines) is 1. The number of rotatable bonds is 5. The molecule has 158 valence electrons. The SMILES string of the molecule is COc1cc(OC)c2c(=O)cc(-c3ccccc3Cl)oc2c1C1CCN(C)C1CN. The molecule has 1 aliphatic rings. The predicted octanol–water partition coefficient (Wildman–Crippen LogP) is 3.88. The lowest BCUT2D eigenvalue weighted by Crippen LogP contribution is -2.35. The molecule has 0 spiro atoms. The van der Waals surface area contributed by atoms with Crippen LogP contribution in [-0.4, -0.2) is 45.3 Å². The average molecular weight is 429 g/mol. The van der Waals surface area contributed by atoms with Gasteiger partial charge in [-0.1, -0.05) is 23.7 Å². The van der Waals surface area contributed by atoms with Crippen molar-refractivity contribution in [2.75, 3.05) is 34.4 Å². The standard InChI is InChI=1S/C23H25ClN2O4/c1-26-9-8-14(16(26)12-25)21-19(28-2)11-20(29-3)22-17(27)10-18(30-23(21)22)13-6-4-5-7-15(13)24/h4-7,10-11,14,16H,8-9,12,25H2,1-3H3. The van der Waals surface area contributed by atoms with Crippen molar-refractivity contribution in [3.63, 3.8) is 0 Å². The van der Waals surface area contributed by atoms with Crippen LogP contribution in [0.1, 0.15) is 17.9 Å². The smallest absolute Gasteiger partial charge is 0.197 e.